The lowest BCUT2D eigenvalue weighted by Gasteiger charge is -2.08. The van der Waals surface area contributed by atoms with Crippen molar-refractivity contribution in [2.24, 2.45) is 0 Å². The van der Waals surface area contributed by atoms with Gasteiger partial charge in [-0.2, -0.15) is 0 Å². The number of aromatic carboxylic acids is 1. The number of hydrogen-bond acceptors (Lipinski definition) is 1. The fraction of sp³-hybridized carbons (Fsp3) is 0.0714. The van der Waals surface area contributed by atoms with Gasteiger partial charge in [-0.05, 0) is 47.9 Å². The van der Waals surface area contributed by atoms with Crippen LogP contribution in [0.4, 0.5) is 4.39 Å². The minimum absolute atomic E-state index is 0.0521. The van der Waals surface area contributed by atoms with E-state index in [4.69, 9.17) is 16.7 Å². The first-order valence-corrected chi connectivity index (χ1v) is 5.66. The number of benzene rings is 2. The number of halogens is 2. The molecule has 92 valence electrons. The Hall–Kier alpha value is -1.87. The maximum Gasteiger partial charge on any atom is 0.336 e. The SMILES string of the molecule is Cc1ccc(-c2cc(F)ccc2C(=O)O)cc1Cl. The lowest BCUT2D eigenvalue weighted by atomic mass is 9.98. The molecule has 0 unspecified atom stereocenters. The van der Waals surface area contributed by atoms with Crippen molar-refractivity contribution >= 4 is 17.6 Å². The molecule has 2 rings (SSSR count). The van der Waals surface area contributed by atoms with Crippen LogP contribution in [-0.2, 0) is 0 Å². The summed E-state index contributed by atoms with van der Waals surface area (Å²) in [4.78, 5) is 11.1. The first-order chi connectivity index (χ1) is 8.49. The molecule has 0 heterocycles. The Morgan fingerprint density at radius 2 is 1.94 bits per heavy atom. The Kier molecular flexibility index (Phi) is 3.34. The molecule has 0 aliphatic heterocycles. The minimum Gasteiger partial charge on any atom is -0.478 e. The number of rotatable bonds is 2. The lowest BCUT2D eigenvalue weighted by molar-refractivity contribution is 0.0697. The molecule has 4 heteroatoms. The van der Waals surface area contributed by atoms with Gasteiger partial charge in [-0.25, -0.2) is 9.18 Å². The molecule has 0 bridgehead atoms. The van der Waals surface area contributed by atoms with Crippen LogP contribution in [-0.4, -0.2) is 11.1 Å². The predicted molar refractivity (Wildman–Crippen MR) is 68.5 cm³/mol. The average molecular weight is 265 g/mol. The molecule has 0 saturated carbocycles. The largest absolute Gasteiger partial charge is 0.478 e. The number of carboxylic acids is 1. The molecule has 2 aromatic carbocycles. The quantitative estimate of drug-likeness (QED) is 0.885. The monoisotopic (exact) mass is 264 g/mol. The number of carboxylic acid groups (broad SMARTS) is 1. The van der Waals surface area contributed by atoms with Crippen LogP contribution < -0.4 is 0 Å². The van der Waals surface area contributed by atoms with E-state index in [1.54, 1.807) is 18.2 Å². The smallest absolute Gasteiger partial charge is 0.336 e. The molecule has 0 amide bonds. The Labute approximate surface area is 109 Å². The third-order valence-electron chi connectivity index (χ3n) is 2.69. The van der Waals surface area contributed by atoms with Crippen molar-refractivity contribution in [1.82, 2.24) is 0 Å². The number of hydrogen-bond donors (Lipinski definition) is 1. The van der Waals surface area contributed by atoms with Gasteiger partial charge >= 0.3 is 5.97 Å². The van der Waals surface area contributed by atoms with E-state index >= 15 is 0 Å². The fourth-order valence-electron chi connectivity index (χ4n) is 1.70. The third kappa shape index (κ3) is 2.36. The molecular formula is C14H10ClFO2. The van der Waals surface area contributed by atoms with E-state index in [0.717, 1.165) is 11.6 Å². The van der Waals surface area contributed by atoms with Crippen molar-refractivity contribution in [1.29, 1.82) is 0 Å². The molecule has 2 aromatic rings. The van der Waals surface area contributed by atoms with Crippen LogP contribution in [0.1, 0.15) is 15.9 Å². The maximum atomic E-state index is 13.3. The summed E-state index contributed by atoms with van der Waals surface area (Å²) in [6.45, 7) is 1.84. The van der Waals surface area contributed by atoms with Gasteiger partial charge in [0.05, 0.1) is 5.56 Å². The van der Waals surface area contributed by atoms with Crippen molar-refractivity contribution in [3.8, 4) is 11.1 Å². The van der Waals surface area contributed by atoms with Gasteiger partial charge in [0.15, 0.2) is 0 Å². The van der Waals surface area contributed by atoms with Crippen molar-refractivity contribution in [3.05, 3.63) is 58.4 Å². The summed E-state index contributed by atoms with van der Waals surface area (Å²) < 4.78 is 13.3. The number of aryl methyl sites for hydroxylation is 1. The van der Waals surface area contributed by atoms with E-state index in [2.05, 4.69) is 0 Å². The lowest BCUT2D eigenvalue weighted by Crippen LogP contribution is -2.00. The van der Waals surface area contributed by atoms with Crippen molar-refractivity contribution in [3.63, 3.8) is 0 Å². The van der Waals surface area contributed by atoms with Gasteiger partial charge in [0.1, 0.15) is 5.82 Å². The van der Waals surface area contributed by atoms with Gasteiger partial charge in [0, 0.05) is 5.02 Å². The highest BCUT2D eigenvalue weighted by atomic mass is 35.5. The van der Waals surface area contributed by atoms with Crippen LogP contribution in [0.25, 0.3) is 11.1 Å². The van der Waals surface area contributed by atoms with Crippen LogP contribution in [0.2, 0.25) is 5.02 Å². The topological polar surface area (TPSA) is 37.3 Å². The summed E-state index contributed by atoms with van der Waals surface area (Å²) >= 11 is 5.99. The molecule has 0 spiro atoms. The molecular weight excluding hydrogens is 255 g/mol. The second kappa shape index (κ2) is 4.78. The van der Waals surface area contributed by atoms with Crippen LogP contribution in [0.5, 0.6) is 0 Å². The van der Waals surface area contributed by atoms with E-state index in [9.17, 15) is 9.18 Å². The molecule has 0 atom stereocenters. The van der Waals surface area contributed by atoms with E-state index in [-0.39, 0.29) is 5.56 Å². The standard InChI is InChI=1S/C14H10ClFO2/c1-8-2-3-9(6-13(8)15)12-7-10(16)4-5-11(12)14(17)18/h2-7H,1H3,(H,17,18). The summed E-state index contributed by atoms with van der Waals surface area (Å²) in [5.74, 6) is -1.58. The molecule has 2 nitrogen and oxygen atoms in total. The zero-order chi connectivity index (χ0) is 13.3. The molecule has 0 radical (unpaired) electrons. The van der Waals surface area contributed by atoms with Crippen molar-refractivity contribution in [2.45, 2.75) is 6.92 Å². The zero-order valence-corrected chi connectivity index (χ0v) is 10.3. The highest BCUT2D eigenvalue weighted by Gasteiger charge is 2.13. The van der Waals surface area contributed by atoms with Gasteiger partial charge in [-0.1, -0.05) is 23.7 Å². The molecule has 0 aliphatic carbocycles. The normalized spacial score (nSPS) is 10.4. The molecule has 0 saturated heterocycles. The van der Waals surface area contributed by atoms with Gasteiger partial charge in [0.25, 0.3) is 0 Å². The minimum atomic E-state index is -1.10. The summed E-state index contributed by atoms with van der Waals surface area (Å²) in [6, 6.07) is 8.71. The molecule has 0 aromatic heterocycles. The van der Waals surface area contributed by atoms with Crippen LogP contribution in [0.15, 0.2) is 36.4 Å². The van der Waals surface area contributed by atoms with Crippen LogP contribution in [0.3, 0.4) is 0 Å². The summed E-state index contributed by atoms with van der Waals surface area (Å²) in [7, 11) is 0. The zero-order valence-electron chi connectivity index (χ0n) is 9.58. The van der Waals surface area contributed by atoms with E-state index < -0.39 is 11.8 Å². The summed E-state index contributed by atoms with van der Waals surface area (Å²) in [6.07, 6.45) is 0. The second-order valence-corrected chi connectivity index (χ2v) is 4.37. The fourth-order valence-corrected chi connectivity index (χ4v) is 1.88. The highest BCUT2D eigenvalue weighted by Crippen LogP contribution is 2.28. The average Bonchev–Trinajstić information content (AvgIpc) is 2.32. The Morgan fingerprint density at radius 3 is 2.56 bits per heavy atom. The summed E-state index contributed by atoms with van der Waals surface area (Å²) in [5.41, 5.74) is 1.84. The van der Waals surface area contributed by atoms with E-state index in [1.807, 2.05) is 6.92 Å². The maximum absolute atomic E-state index is 13.3. The first-order valence-electron chi connectivity index (χ1n) is 5.28. The Balaban J connectivity index is 2.65. The molecule has 0 aliphatic rings. The molecule has 0 fully saturated rings. The van der Waals surface area contributed by atoms with Crippen LogP contribution in [0, 0.1) is 12.7 Å². The van der Waals surface area contributed by atoms with Crippen molar-refractivity contribution in [2.75, 3.05) is 0 Å². The van der Waals surface area contributed by atoms with E-state index in [0.29, 0.717) is 16.1 Å². The third-order valence-corrected chi connectivity index (χ3v) is 3.10. The Morgan fingerprint density at radius 1 is 1.22 bits per heavy atom. The van der Waals surface area contributed by atoms with E-state index in [1.165, 1.54) is 12.1 Å². The number of carbonyl (C=O) groups is 1. The van der Waals surface area contributed by atoms with Crippen LogP contribution >= 0.6 is 11.6 Å². The second-order valence-electron chi connectivity index (χ2n) is 3.96. The molecule has 1 N–H and O–H groups in total. The van der Waals surface area contributed by atoms with Gasteiger partial charge < -0.3 is 5.11 Å². The van der Waals surface area contributed by atoms with Gasteiger partial charge in [0.2, 0.25) is 0 Å². The molecule has 18 heavy (non-hydrogen) atoms. The first kappa shape index (κ1) is 12.6. The van der Waals surface area contributed by atoms with Crippen molar-refractivity contribution < 1.29 is 14.3 Å². The van der Waals surface area contributed by atoms with Gasteiger partial charge in [-0.3, -0.25) is 0 Å². The highest BCUT2D eigenvalue weighted by molar-refractivity contribution is 6.31. The summed E-state index contributed by atoms with van der Waals surface area (Å²) in [5, 5.41) is 9.61. The Bertz CT molecular complexity index is 623. The van der Waals surface area contributed by atoms with Gasteiger partial charge in [-0.15, -0.1) is 0 Å². The predicted octanol–water partition coefficient (Wildman–Crippen LogP) is 4.15.